The van der Waals surface area contributed by atoms with Crippen LogP contribution in [0.15, 0.2) is 0 Å². The smallest absolute Gasteiger partial charge is 0.131 e. The largest absolute Gasteiger partial charge is 0.317 e. The maximum absolute atomic E-state index is 6.29. The quantitative estimate of drug-likeness (QED) is 0.900. The predicted molar refractivity (Wildman–Crippen MR) is 79.5 cm³/mol. The lowest BCUT2D eigenvalue weighted by Gasteiger charge is -2.32. The number of piperidine rings is 1. The number of nitrogens with one attached hydrogen (secondary N) is 1. The molecule has 1 fully saturated rings. The molecule has 1 aromatic heterocycles. The van der Waals surface area contributed by atoms with E-state index < -0.39 is 0 Å². The molecular weight excluding hydrogens is 260 g/mol. The molecule has 19 heavy (non-hydrogen) atoms. The maximum Gasteiger partial charge on any atom is 0.131 e. The summed E-state index contributed by atoms with van der Waals surface area (Å²) in [5.74, 6) is 0.835. The van der Waals surface area contributed by atoms with Crippen molar-refractivity contribution in [1.29, 1.82) is 0 Å². The number of halogens is 1. The Morgan fingerprint density at radius 3 is 2.58 bits per heavy atom. The lowest BCUT2D eigenvalue weighted by Crippen LogP contribution is -2.37. The van der Waals surface area contributed by atoms with Gasteiger partial charge < -0.3 is 5.32 Å². The standard InChI is InChI=1S/C14H25ClN4/c1-4-16-9-12-5-7-19(8-6-12)10-13-11(2)17-18(3)14(13)15/h12,16H,4-10H2,1-3H3. The highest BCUT2D eigenvalue weighted by Gasteiger charge is 2.21. The topological polar surface area (TPSA) is 33.1 Å². The zero-order valence-electron chi connectivity index (χ0n) is 12.2. The molecule has 0 saturated carbocycles. The van der Waals surface area contributed by atoms with Crippen molar-refractivity contribution in [1.82, 2.24) is 20.0 Å². The van der Waals surface area contributed by atoms with Crippen molar-refractivity contribution in [3.05, 3.63) is 16.4 Å². The fourth-order valence-electron chi connectivity index (χ4n) is 2.77. The monoisotopic (exact) mass is 284 g/mol. The van der Waals surface area contributed by atoms with Gasteiger partial charge in [-0.05, 0) is 51.9 Å². The molecule has 0 bridgehead atoms. The molecule has 0 aromatic carbocycles. The molecule has 1 aliphatic heterocycles. The number of likely N-dealkylation sites (tertiary alicyclic amines) is 1. The van der Waals surface area contributed by atoms with Gasteiger partial charge in [-0.25, -0.2) is 0 Å². The molecule has 0 radical (unpaired) electrons. The van der Waals surface area contributed by atoms with Gasteiger partial charge in [-0.3, -0.25) is 9.58 Å². The molecule has 0 amide bonds. The first-order valence-electron chi connectivity index (χ1n) is 7.22. The van der Waals surface area contributed by atoms with E-state index in [1.54, 1.807) is 4.68 Å². The first kappa shape index (κ1) is 14.8. The van der Waals surface area contributed by atoms with Crippen LogP contribution < -0.4 is 5.32 Å². The van der Waals surface area contributed by atoms with Crippen LogP contribution in [0.2, 0.25) is 5.15 Å². The zero-order chi connectivity index (χ0) is 13.8. The van der Waals surface area contributed by atoms with Gasteiger partial charge in [0.1, 0.15) is 5.15 Å². The van der Waals surface area contributed by atoms with Gasteiger partial charge in [0.25, 0.3) is 0 Å². The first-order valence-corrected chi connectivity index (χ1v) is 7.60. The molecule has 1 aromatic rings. The summed E-state index contributed by atoms with van der Waals surface area (Å²) in [6.45, 7) is 9.72. The fourth-order valence-corrected chi connectivity index (χ4v) is 3.01. The highest BCUT2D eigenvalue weighted by molar-refractivity contribution is 6.30. The third kappa shape index (κ3) is 3.71. The number of aromatic nitrogens is 2. The van der Waals surface area contributed by atoms with Crippen molar-refractivity contribution >= 4 is 11.6 Å². The molecule has 0 unspecified atom stereocenters. The van der Waals surface area contributed by atoms with E-state index >= 15 is 0 Å². The normalized spacial score (nSPS) is 18.1. The van der Waals surface area contributed by atoms with Crippen LogP contribution in [0.4, 0.5) is 0 Å². The summed E-state index contributed by atoms with van der Waals surface area (Å²) < 4.78 is 1.77. The Hall–Kier alpha value is -0.580. The van der Waals surface area contributed by atoms with Crippen LogP contribution in [-0.2, 0) is 13.6 Å². The number of rotatable bonds is 5. The van der Waals surface area contributed by atoms with Crippen LogP contribution in [0.5, 0.6) is 0 Å². The molecule has 0 atom stereocenters. The van der Waals surface area contributed by atoms with E-state index in [9.17, 15) is 0 Å². The van der Waals surface area contributed by atoms with E-state index in [0.717, 1.165) is 36.4 Å². The number of hydrogen-bond donors (Lipinski definition) is 1. The highest BCUT2D eigenvalue weighted by atomic mass is 35.5. The molecule has 5 heteroatoms. The van der Waals surface area contributed by atoms with Crippen molar-refractivity contribution in [3.8, 4) is 0 Å². The zero-order valence-corrected chi connectivity index (χ0v) is 13.0. The number of hydrogen-bond acceptors (Lipinski definition) is 3. The number of aryl methyl sites for hydroxylation is 2. The van der Waals surface area contributed by atoms with E-state index in [1.165, 1.54) is 31.5 Å². The highest BCUT2D eigenvalue weighted by Crippen LogP contribution is 2.23. The van der Waals surface area contributed by atoms with E-state index in [0.29, 0.717) is 0 Å². The summed E-state index contributed by atoms with van der Waals surface area (Å²) in [4.78, 5) is 2.50. The average Bonchev–Trinajstić information content (AvgIpc) is 2.64. The van der Waals surface area contributed by atoms with E-state index in [4.69, 9.17) is 11.6 Å². The van der Waals surface area contributed by atoms with Gasteiger partial charge in [-0.15, -0.1) is 0 Å². The van der Waals surface area contributed by atoms with Crippen molar-refractivity contribution in [2.45, 2.75) is 33.2 Å². The first-order chi connectivity index (χ1) is 9.11. The van der Waals surface area contributed by atoms with E-state index in [1.807, 2.05) is 14.0 Å². The fraction of sp³-hybridized carbons (Fsp3) is 0.786. The minimum atomic E-state index is 0.785. The second-order valence-electron chi connectivity index (χ2n) is 5.51. The summed E-state index contributed by atoms with van der Waals surface area (Å²) in [5.41, 5.74) is 2.25. The summed E-state index contributed by atoms with van der Waals surface area (Å²) >= 11 is 6.29. The van der Waals surface area contributed by atoms with Crippen molar-refractivity contribution in [2.75, 3.05) is 26.2 Å². The van der Waals surface area contributed by atoms with Crippen LogP contribution in [0, 0.1) is 12.8 Å². The average molecular weight is 285 g/mol. The van der Waals surface area contributed by atoms with E-state index in [2.05, 4.69) is 22.2 Å². The minimum absolute atomic E-state index is 0.785. The van der Waals surface area contributed by atoms with Gasteiger partial charge in [0.2, 0.25) is 0 Å². The summed E-state index contributed by atoms with van der Waals surface area (Å²) in [5, 5.41) is 8.62. The Morgan fingerprint density at radius 2 is 2.05 bits per heavy atom. The summed E-state index contributed by atoms with van der Waals surface area (Å²) in [6, 6.07) is 0. The van der Waals surface area contributed by atoms with Crippen LogP contribution in [0.25, 0.3) is 0 Å². The van der Waals surface area contributed by atoms with E-state index in [-0.39, 0.29) is 0 Å². The molecule has 0 aliphatic carbocycles. The lowest BCUT2D eigenvalue weighted by atomic mass is 9.96. The van der Waals surface area contributed by atoms with Gasteiger partial charge in [-0.1, -0.05) is 18.5 Å². The lowest BCUT2D eigenvalue weighted by molar-refractivity contribution is 0.175. The summed E-state index contributed by atoms with van der Waals surface area (Å²) in [7, 11) is 1.90. The van der Waals surface area contributed by atoms with Gasteiger partial charge in [0.15, 0.2) is 0 Å². The van der Waals surface area contributed by atoms with Gasteiger partial charge in [0.05, 0.1) is 5.69 Å². The Morgan fingerprint density at radius 1 is 1.37 bits per heavy atom. The maximum atomic E-state index is 6.29. The van der Waals surface area contributed by atoms with Gasteiger partial charge in [0, 0.05) is 19.2 Å². The molecule has 1 saturated heterocycles. The van der Waals surface area contributed by atoms with Crippen LogP contribution >= 0.6 is 11.6 Å². The predicted octanol–water partition coefficient (Wildman–Crippen LogP) is 2.20. The Bertz CT molecular complexity index is 408. The summed E-state index contributed by atoms with van der Waals surface area (Å²) in [6.07, 6.45) is 2.56. The van der Waals surface area contributed by atoms with Crippen LogP contribution in [-0.4, -0.2) is 40.9 Å². The third-order valence-electron chi connectivity index (χ3n) is 4.04. The molecule has 0 spiro atoms. The van der Waals surface area contributed by atoms with Crippen molar-refractivity contribution in [2.24, 2.45) is 13.0 Å². The van der Waals surface area contributed by atoms with Gasteiger partial charge >= 0.3 is 0 Å². The molecule has 4 nitrogen and oxygen atoms in total. The number of nitrogens with zero attached hydrogens (tertiary/aromatic N) is 3. The molecule has 2 rings (SSSR count). The SMILES string of the molecule is CCNCC1CCN(Cc2c(C)nn(C)c2Cl)CC1. The van der Waals surface area contributed by atoms with Crippen LogP contribution in [0.1, 0.15) is 31.0 Å². The second kappa shape index (κ2) is 6.73. The second-order valence-corrected chi connectivity index (χ2v) is 5.86. The molecular formula is C14H25ClN4. The van der Waals surface area contributed by atoms with Crippen LogP contribution in [0.3, 0.4) is 0 Å². The molecule has 1 N–H and O–H groups in total. The molecule has 108 valence electrons. The molecule has 2 heterocycles. The Labute approximate surface area is 121 Å². The minimum Gasteiger partial charge on any atom is -0.317 e. The van der Waals surface area contributed by atoms with Crippen molar-refractivity contribution in [3.63, 3.8) is 0 Å². The Balaban J connectivity index is 1.85. The van der Waals surface area contributed by atoms with Gasteiger partial charge in [-0.2, -0.15) is 5.10 Å². The van der Waals surface area contributed by atoms with Crippen molar-refractivity contribution < 1.29 is 0 Å². The Kier molecular flexibility index (Phi) is 5.25. The molecule has 1 aliphatic rings. The third-order valence-corrected chi connectivity index (χ3v) is 4.51.